The van der Waals surface area contributed by atoms with Gasteiger partial charge >= 0.3 is 12.1 Å². The van der Waals surface area contributed by atoms with E-state index in [-0.39, 0.29) is 23.3 Å². The summed E-state index contributed by atoms with van der Waals surface area (Å²) in [5.41, 5.74) is 0.944. The molecule has 3 heterocycles. The molecule has 7 nitrogen and oxygen atoms in total. The van der Waals surface area contributed by atoms with Gasteiger partial charge in [0, 0.05) is 30.8 Å². The van der Waals surface area contributed by atoms with Gasteiger partial charge in [0.15, 0.2) is 0 Å². The fraction of sp³-hybridized carbons (Fsp3) is 0.316. The average Bonchev–Trinajstić information content (AvgIpc) is 3.25. The topological polar surface area (TPSA) is 85.0 Å². The normalized spacial score (nSPS) is 17.2. The molecule has 3 aromatic rings. The van der Waals surface area contributed by atoms with Crippen LogP contribution in [0.15, 0.2) is 41.2 Å². The Bertz CT molecular complexity index is 1050. The van der Waals surface area contributed by atoms with E-state index in [1.165, 1.54) is 36.7 Å². The quantitative estimate of drug-likeness (QED) is 0.600. The van der Waals surface area contributed by atoms with Crippen LogP contribution in [-0.4, -0.2) is 44.0 Å². The minimum absolute atomic E-state index is 0.0498. The van der Waals surface area contributed by atoms with Gasteiger partial charge in [0.1, 0.15) is 11.5 Å². The molecular formula is C19H15F4N5O2. The molecule has 4 rings (SSSR count). The average molecular weight is 421 g/mol. The highest BCUT2D eigenvalue weighted by atomic mass is 19.4. The number of nitrogens with zero attached hydrogens (tertiary/aromatic N) is 5. The number of rotatable bonds is 3. The van der Waals surface area contributed by atoms with Crippen molar-refractivity contribution in [2.75, 3.05) is 13.1 Å². The van der Waals surface area contributed by atoms with Crippen LogP contribution >= 0.6 is 0 Å². The predicted molar refractivity (Wildman–Crippen MR) is 94.6 cm³/mol. The van der Waals surface area contributed by atoms with Crippen LogP contribution in [0.3, 0.4) is 0 Å². The van der Waals surface area contributed by atoms with Gasteiger partial charge in [-0.25, -0.2) is 9.37 Å². The molecule has 1 fully saturated rings. The summed E-state index contributed by atoms with van der Waals surface area (Å²) in [4.78, 5) is 26.0. The first-order chi connectivity index (χ1) is 14.3. The highest BCUT2D eigenvalue weighted by Gasteiger charge is 2.38. The van der Waals surface area contributed by atoms with Crippen LogP contribution in [0.5, 0.6) is 0 Å². The Balaban J connectivity index is 1.53. The fourth-order valence-electron chi connectivity index (χ4n) is 3.31. The van der Waals surface area contributed by atoms with Gasteiger partial charge in [0.05, 0.1) is 11.9 Å². The third-order valence-electron chi connectivity index (χ3n) is 4.77. The van der Waals surface area contributed by atoms with Gasteiger partial charge in [-0.05, 0) is 37.1 Å². The van der Waals surface area contributed by atoms with Crippen LogP contribution in [0.25, 0.3) is 11.5 Å². The first-order valence-electron chi connectivity index (χ1n) is 9.09. The zero-order chi connectivity index (χ0) is 21.3. The Morgan fingerprint density at radius 1 is 1.13 bits per heavy atom. The predicted octanol–water partition coefficient (Wildman–Crippen LogP) is 3.70. The lowest BCUT2D eigenvalue weighted by Gasteiger charge is -2.32. The highest BCUT2D eigenvalue weighted by molar-refractivity contribution is 5.94. The maximum Gasteiger partial charge on any atom is 0.471 e. The number of hydrogen-bond donors (Lipinski definition) is 0. The van der Waals surface area contributed by atoms with E-state index in [0.717, 1.165) is 6.42 Å². The lowest BCUT2D eigenvalue weighted by atomic mass is 9.94. The molecule has 1 amide bonds. The number of hydrogen-bond acceptors (Lipinski definition) is 6. The summed E-state index contributed by atoms with van der Waals surface area (Å²) >= 11 is 0. The van der Waals surface area contributed by atoms with E-state index in [0.29, 0.717) is 30.8 Å². The van der Waals surface area contributed by atoms with Gasteiger partial charge in [-0.1, -0.05) is 5.16 Å². The van der Waals surface area contributed by atoms with E-state index in [1.54, 1.807) is 4.90 Å². The third kappa shape index (κ3) is 4.14. The molecule has 2 aromatic heterocycles. The number of piperidine rings is 1. The molecule has 0 unspecified atom stereocenters. The van der Waals surface area contributed by atoms with Crippen molar-refractivity contribution in [2.45, 2.75) is 24.9 Å². The number of carbonyl (C=O) groups is 1. The van der Waals surface area contributed by atoms with Crippen molar-refractivity contribution in [1.82, 2.24) is 25.0 Å². The minimum atomic E-state index is -4.75. The summed E-state index contributed by atoms with van der Waals surface area (Å²) in [6.07, 6.45) is -0.556. The summed E-state index contributed by atoms with van der Waals surface area (Å²) in [5, 5.41) is 3.33. The zero-order valence-corrected chi connectivity index (χ0v) is 15.4. The number of halogens is 4. The lowest BCUT2D eigenvalue weighted by Crippen LogP contribution is -2.39. The maximum absolute atomic E-state index is 13.1. The summed E-state index contributed by atoms with van der Waals surface area (Å²) in [7, 11) is 0. The molecule has 1 aliphatic heterocycles. The molecule has 0 saturated carbocycles. The van der Waals surface area contributed by atoms with E-state index in [1.807, 2.05) is 0 Å². The summed E-state index contributed by atoms with van der Waals surface area (Å²) in [6.45, 7) is 0.897. The first-order valence-corrected chi connectivity index (χ1v) is 9.09. The summed E-state index contributed by atoms with van der Waals surface area (Å²) < 4.78 is 55.4. The molecule has 0 aliphatic carbocycles. The molecule has 1 atom stereocenters. The monoisotopic (exact) mass is 421 g/mol. The first kappa shape index (κ1) is 19.9. The number of benzene rings is 1. The Labute approximate surface area is 167 Å². The van der Waals surface area contributed by atoms with E-state index in [4.69, 9.17) is 0 Å². The van der Waals surface area contributed by atoms with Gasteiger partial charge < -0.3 is 9.42 Å². The van der Waals surface area contributed by atoms with Crippen LogP contribution in [0.1, 0.15) is 40.7 Å². The van der Waals surface area contributed by atoms with Crippen molar-refractivity contribution in [3.8, 4) is 11.5 Å². The maximum atomic E-state index is 13.1. The van der Waals surface area contributed by atoms with Gasteiger partial charge in [0.2, 0.25) is 5.82 Å². The van der Waals surface area contributed by atoms with Crippen LogP contribution < -0.4 is 0 Å². The van der Waals surface area contributed by atoms with Crippen LogP contribution in [0, 0.1) is 5.82 Å². The van der Waals surface area contributed by atoms with Gasteiger partial charge in [-0.2, -0.15) is 18.2 Å². The number of carbonyl (C=O) groups excluding carboxylic acids is 1. The Morgan fingerprint density at radius 2 is 1.90 bits per heavy atom. The standard InChI is InChI=1S/C19H15F4N5O2/c20-13-5-3-11(4-6-13)17(29)28-7-1-2-12(10-28)14-8-24-9-15(25-14)16-26-18(30-27-16)19(21,22)23/h3-6,8-9,12H,1-2,7,10H2/t12-/m1/s1. The molecule has 0 N–H and O–H groups in total. The number of likely N-dealkylation sites (tertiary alicyclic amines) is 1. The Kier molecular flexibility index (Phi) is 5.18. The molecule has 0 radical (unpaired) electrons. The minimum Gasteiger partial charge on any atom is -0.338 e. The smallest absolute Gasteiger partial charge is 0.338 e. The van der Waals surface area contributed by atoms with E-state index in [9.17, 15) is 22.4 Å². The van der Waals surface area contributed by atoms with Crippen molar-refractivity contribution in [3.05, 3.63) is 59.6 Å². The molecule has 0 spiro atoms. The number of amides is 1. The molecule has 30 heavy (non-hydrogen) atoms. The van der Waals surface area contributed by atoms with Crippen LogP contribution in [0.2, 0.25) is 0 Å². The van der Waals surface area contributed by atoms with Crippen molar-refractivity contribution >= 4 is 5.91 Å². The molecule has 0 bridgehead atoms. The third-order valence-corrected chi connectivity index (χ3v) is 4.77. The van der Waals surface area contributed by atoms with Crippen molar-refractivity contribution in [2.24, 2.45) is 0 Å². The Hall–Kier alpha value is -3.37. The molecule has 11 heteroatoms. The molecule has 1 aliphatic rings. The second-order valence-corrected chi connectivity index (χ2v) is 6.85. The van der Waals surface area contributed by atoms with Crippen LogP contribution in [0.4, 0.5) is 17.6 Å². The molecular weight excluding hydrogens is 406 g/mol. The second-order valence-electron chi connectivity index (χ2n) is 6.85. The van der Waals surface area contributed by atoms with Gasteiger partial charge in [-0.3, -0.25) is 9.78 Å². The second kappa shape index (κ2) is 7.81. The summed E-state index contributed by atoms with van der Waals surface area (Å²) in [5.74, 6) is -2.59. The zero-order valence-electron chi connectivity index (χ0n) is 15.4. The molecule has 1 aromatic carbocycles. The van der Waals surface area contributed by atoms with Crippen molar-refractivity contribution in [1.29, 1.82) is 0 Å². The lowest BCUT2D eigenvalue weighted by molar-refractivity contribution is -0.159. The van der Waals surface area contributed by atoms with E-state index >= 15 is 0 Å². The summed E-state index contributed by atoms with van der Waals surface area (Å²) in [6, 6.07) is 5.31. The molecule has 156 valence electrons. The number of alkyl halides is 3. The van der Waals surface area contributed by atoms with Gasteiger partial charge in [0.25, 0.3) is 5.91 Å². The van der Waals surface area contributed by atoms with Crippen LogP contribution in [-0.2, 0) is 6.18 Å². The molecule has 1 saturated heterocycles. The Morgan fingerprint density at radius 3 is 2.60 bits per heavy atom. The van der Waals surface area contributed by atoms with Gasteiger partial charge in [-0.15, -0.1) is 0 Å². The fourth-order valence-corrected chi connectivity index (χ4v) is 3.31. The SMILES string of the molecule is O=C(c1ccc(F)cc1)N1CCC[C@@H](c2cncc(-c3noc(C(F)(F)F)n3)n2)C1. The highest BCUT2D eigenvalue weighted by Crippen LogP contribution is 2.30. The van der Waals surface area contributed by atoms with Crippen molar-refractivity contribution < 1.29 is 26.9 Å². The van der Waals surface area contributed by atoms with Crippen molar-refractivity contribution in [3.63, 3.8) is 0 Å². The van der Waals surface area contributed by atoms with E-state index < -0.39 is 17.9 Å². The number of aromatic nitrogens is 4. The largest absolute Gasteiger partial charge is 0.471 e. The van der Waals surface area contributed by atoms with E-state index in [2.05, 4.69) is 24.6 Å².